The Morgan fingerprint density at radius 2 is 1.42 bits per heavy atom. The Morgan fingerprint density at radius 3 is 1.94 bits per heavy atom. The first kappa shape index (κ1) is 22.7. The van der Waals surface area contributed by atoms with Crippen molar-refractivity contribution < 1.29 is 13.2 Å². The van der Waals surface area contributed by atoms with Crippen molar-refractivity contribution in [1.82, 2.24) is 9.62 Å². The molecule has 1 N–H and O–H groups in total. The van der Waals surface area contributed by atoms with Crippen LogP contribution in [0.1, 0.15) is 40.4 Å². The summed E-state index contributed by atoms with van der Waals surface area (Å²) < 4.78 is 28.7. The third-order valence-corrected chi connectivity index (χ3v) is 6.82. The van der Waals surface area contributed by atoms with Crippen LogP contribution in [-0.2, 0) is 23.1 Å². The Kier molecular flexibility index (Phi) is 7.60. The molecule has 0 spiro atoms. The van der Waals surface area contributed by atoms with Gasteiger partial charge in [-0.3, -0.25) is 4.79 Å². The molecule has 5 nitrogen and oxygen atoms in total. The lowest BCUT2D eigenvalue weighted by molar-refractivity contribution is 0.0953. The van der Waals surface area contributed by atoms with Crippen LogP contribution in [0.15, 0.2) is 83.8 Å². The van der Waals surface area contributed by atoms with Crippen LogP contribution < -0.4 is 5.32 Å². The van der Waals surface area contributed by atoms with Gasteiger partial charge in [-0.25, -0.2) is 8.42 Å². The van der Waals surface area contributed by atoms with E-state index in [0.29, 0.717) is 12.1 Å². The van der Waals surface area contributed by atoms with Crippen molar-refractivity contribution in [3.8, 4) is 0 Å². The Bertz CT molecular complexity index is 1070. The minimum Gasteiger partial charge on any atom is -0.352 e. The number of hydrogen-bond acceptors (Lipinski definition) is 3. The minimum absolute atomic E-state index is 0.117. The molecule has 3 aromatic rings. The Morgan fingerprint density at radius 1 is 0.871 bits per heavy atom. The van der Waals surface area contributed by atoms with Gasteiger partial charge in [-0.1, -0.05) is 73.7 Å². The summed E-state index contributed by atoms with van der Waals surface area (Å²) in [7, 11) is -3.84. The number of nitrogens with zero attached hydrogens (tertiary/aromatic N) is 1. The summed E-state index contributed by atoms with van der Waals surface area (Å²) in [6.45, 7) is 4.80. The molecule has 0 saturated heterocycles. The van der Waals surface area contributed by atoms with Gasteiger partial charge in [0.25, 0.3) is 5.91 Å². The van der Waals surface area contributed by atoms with E-state index < -0.39 is 10.0 Å². The van der Waals surface area contributed by atoms with Crippen LogP contribution in [0.2, 0.25) is 0 Å². The lowest BCUT2D eigenvalue weighted by Gasteiger charge is -2.23. The van der Waals surface area contributed by atoms with Gasteiger partial charge >= 0.3 is 0 Å². The SMILES string of the molecule is CCCNC(=O)c1cc(S(=O)(=O)N(Cc2ccccc2)Cc2ccccc2)ccc1C. The van der Waals surface area contributed by atoms with E-state index in [2.05, 4.69) is 5.32 Å². The first-order chi connectivity index (χ1) is 14.9. The van der Waals surface area contributed by atoms with E-state index in [1.165, 1.54) is 10.4 Å². The Balaban J connectivity index is 1.98. The van der Waals surface area contributed by atoms with Gasteiger partial charge in [0.2, 0.25) is 10.0 Å². The highest BCUT2D eigenvalue weighted by atomic mass is 32.2. The zero-order valence-corrected chi connectivity index (χ0v) is 18.7. The van der Waals surface area contributed by atoms with Crippen LogP contribution in [0.4, 0.5) is 0 Å². The van der Waals surface area contributed by atoms with Crippen LogP contribution in [0.5, 0.6) is 0 Å². The van der Waals surface area contributed by atoms with Crippen LogP contribution in [0, 0.1) is 6.92 Å². The monoisotopic (exact) mass is 436 g/mol. The topological polar surface area (TPSA) is 66.5 Å². The molecule has 31 heavy (non-hydrogen) atoms. The number of hydrogen-bond donors (Lipinski definition) is 1. The van der Waals surface area contributed by atoms with Crippen molar-refractivity contribution in [3.05, 3.63) is 101 Å². The third-order valence-electron chi connectivity index (χ3n) is 5.03. The van der Waals surface area contributed by atoms with Gasteiger partial charge in [0, 0.05) is 25.2 Å². The average molecular weight is 437 g/mol. The molecule has 1 amide bonds. The molecule has 6 heteroatoms. The normalized spacial score (nSPS) is 11.5. The summed E-state index contributed by atoms with van der Waals surface area (Å²) in [5, 5.41) is 2.83. The van der Waals surface area contributed by atoms with Crippen molar-refractivity contribution >= 4 is 15.9 Å². The molecule has 0 atom stereocenters. The predicted molar refractivity (Wildman–Crippen MR) is 123 cm³/mol. The number of sulfonamides is 1. The quantitative estimate of drug-likeness (QED) is 0.536. The molecule has 3 aromatic carbocycles. The van der Waals surface area contributed by atoms with Gasteiger partial charge in [-0.15, -0.1) is 0 Å². The summed E-state index contributed by atoms with van der Waals surface area (Å²) in [6, 6.07) is 23.8. The molecule has 0 aliphatic heterocycles. The second kappa shape index (κ2) is 10.4. The van der Waals surface area contributed by atoms with Crippen LogP contribution in [0.3, 0.4) is 0 Å². The van der Waals surface area contributed by atoms with Gasteiger partial charge < -0.3 is 5.32 Å². The van der Waals surface area contributed by atoms with E-state index >= 15 is 0 Å². The van der Waals surface area contributed by atoms with E-state index in [4.69, 9.17) is 0 Å². The molecular formula is C25H28N2O3S. The number of rotatable bonds is 9. The number of carbonyl (C=O) groups excluding carboxylic acids is 1. The highest BCUT2D eigenvalue weighted by Crippen LogP contribution is 2.23. The third kappa shape index (κ3) is 5.81. The summed E-state index contributed by atoms with van der Waals surface area (Å²) >= 11 is 0. The first-order valence-electron chi connectivity index (χ1n) is 10.4. The van der Waals surface area contributed by atoms with Crippen molar-refractivity contribution in [1.29, 1.82) is 0 Å². The highest BCUT2D eigenvalue weighted by Gasteiger charge is 2.26. The smallest absolute Gasteiger partial charge is 0.251 e. The highest BCUT2D eigenvalue weighted by molar-refractivity contribution is 7.89. The van der Waals surface area contributed by atoms with Crippen LogP contribution in [-0.4, -0.2) is 25.2 Å². The van der Waals surface area contributed by atoms with E-state index in [1.807, 2.05) is 74.5 Å². The fourth-order valence-corrected chi connectivity index (χ4v) is 4.73. The standard InChI is InChI=1S/C25H28N2O3S/c1-3-16-26-25(28)24-17-23(15-14-20(24)2)31(29,30)27(18-21-10-6-4-7-11-21)19-22-12-8-5-9-13-22/h4-15,17H,3,16,18-19H2,1-2H3,(H,26,28). The summed E-state index contributed by atoms with van der Waals surface area (Å²) in [4.78, 5) is 12.7. The van der Waals surface area contributed by atoms with Gasteiger partial charge in [0.05, 0.1) is 4.90 Å². The maximum atomic E-state index is 13.6. The van der Waals surface area contributed by atoms with Gasteiger partial charge in [-0.2, -0.15) is 4.31 Å². The Hall–Kier alpha value is -2.96. The molecule has 0 radical (unpaired) electrons. The predicted octanol–water partition coefficient (Wildman–Crippen LogP) is 4.53. The zero-order chi connectivity index (χ0) is 22.3. The molecule has 0 aliphatic rings. The average Bonchev–Trinajstić information content (AvgIpc) is 2.78. The Labute approximate surface area is 184 Å². The fourth-order valence-electron chi connectivity index (χ4n) is 3.29. The van der Waals surface area contributed by atoms with Crippen LogP contribution >= 0.6 is 0 Å². The van der Waals surface area contributed by atoms with Crippen molar-refractivity contribution in [3.63, 3.8) is 0 Å². The number of amides is 1. The molecule has 0 bridgehead atoms. The van der Waals surface area contributed by atoms with E-state index in [0.717, 1.165) is 23.1 Å². The van der Waals surface area contributed by atoms with Crippen molar-refractivity contribution in [2.45, 2.75) is 38.3 Å². The second-order valence-electron chi connectivity index (χ2n) is 7.48. The maximum Gasteiger partial charge on any atom is 0.251 e. The molecule has 3 rings (SSSR count). The molecule has 0 heterocycles. The van der Waals surface area contributed by atoms with Gasteiger partial charge in [0.1, 0.15) is 0 Å². The van der Waals surface area contributed by atoms with Gasteiger partial charge in [0.15, 0.2) is 0 Å². The largest absolute Gasteiger partial charge is 0.352 e. The number of nitrogens with one attached hydrogen (secondary N) is 1. The van der Waals surface area contributed by atoms with E-state index in [-0.39, 0.29) is 23.9 Å². The van der Waals surface area contributed by atoms with Crippen molar-refractivity contribution in [2.24, 2.45) is 0 Å². The summed E-state index contributed by atoms with van der Waals surface area (Å²) in [6.07, 6.45) is 0.810. The molecule has 0 unspecified atom stereocenters. The summed E-state index contributed by atoms with van der Waals surface area (Å²) in [5.41, 5.74) is 2.92. The number of aryl methyl sites for hydroxylation is 1. The minimum atomic E-state index is -3.84. The molecule has 0 aliphatic carbocycles. The lowest BCUT2D eigenvalue weighted by atomic mass is 10.1. The molecule has 162 valence electrons. The molecule has 0 saturated carbocycles. The fraction of sp³-hybridized carbons (Fsp3) is 0.240. The lowest BCUT2D eigenvalue weighted by Crippen LogP contribution is -2.31. The maximum absolute atomic E-state index is 13.6. The van der Waals surface area contributed by atoms with Gasteiger partial charge in [-0.05, 0) is 42.2 Å². The van der Waals surface area contributed by atoms with Crippen LogP contribution in [0.25, 0.3) is 0 Å². The van der Waals surface area contributed by atoms with Crippen molar-refractivity contribution in [2.75, 3.05) is 6.54 Å². The van der Waals surface area contributed by atoms with E-state index in [9.17, 15) is 13.2 Å². The second-order valence-corrected chi connectivity index (χ2v) is 9.41. The summed E-state index contributed by atoms with van der Waals surface area (Å²) in [5.74, 6) is -0.255. The zero-order valence-electron chi connectivity index (χ0n) is 17.9. The molecule has 0 fully saturated rings. The number of carbonyl (C=O) groups is 1. The van der Waals surface area contributed by atoms with E-state index in [1.54, 1.807) is 12.1 Å². The number of benzene rings is 3. The molecule has 0 aromatic heterocycles. The first-order valence-corrected chi connectivity index (χ1v) is 11.8. The molecular weight excluding hydrogens is 408 g/mol.